The molecular weight excluding hydrogens is 340 g/mol. The summed E-state index contributed by atoms with van der Waals surface area (Å²) < 4.78 is 16.5. The third-order valence-corrected chi connectivity index (χ3v) is 4.44. The van der Waals surface area contributed by atoms with Gasteiger partial charge in [-0.25, -0.2) is 0 Å². The minimum absolute atomic E-state index is 0.421. The number of aliphatic hydroxyl groups is 4. The number of hydrogen-bond acceptors (Lipinski definition) is 7. The SMILES string of the molecule is CCCCCCCOc1ccc(O[C@@H]2O[C@H](CO)[C@@H](O)[C@H](O)[C@H]2O)cc1. The highest BCUT2D eigenvalue weighted by Gasteiger charge is 2.44. The van der Waals surface area contributed by atoms with E-state index in [0.29, 0.717) is 12.4 Å². The van der Waals surface area contributed by atoms with Crippen LogP contribution in [0, 0.1) is 0 Å². The fraction of sp³-hybridized carbons (Fsp3) is 0.684. The van der Waals surface area contributed by atoms with Gasteiger partial charge in [0.25, 0.3) is 0 Å². The van der Waals surface area contributed by atoms with Crippen LogP contribution in [0.3, 0.4) is 0 Å². The Balaban J connectivity index is 1.81. The van der Waals surface area contributed by atoms with Crippen molar-refractivity contribution in [3.63, 3.8) is 0 Å². The first-order valence-electron chi connectivity index (χ1n) is 9.26. The summed E-state index contributed by atoms with van der Waals surface area (Å²) in [5.74, 6) is 1.14. The molecular formula is C19H30O7. The summed E-state index contributed by atoms with van der Waals surface area (Å²) >= 11 is 0. The zero-order chi connectivity index (χ0) is 18.9. The van der Waals surface area contributed by atoms with Gasteiger partial charge in [-0.15, -0.1) is 0 Å². The van der Waals surface area contributed by atoms with Crippen LogP contribution in [0.25, 0.3) is 0 Å². The molecule has 0 spiro atoms. The van der Waals surface area contributed by atoms with E-state index < -0.39 is 37.3 Å². The second kappa shape index (κ2) is 10.7. The molecule has 1 aliphatic heterocycles. The molecule has 26 heavy (non-hydrogen) atoms. The number of hydrogen-bond donors (Lipinski definition) is 4. The van der Waals surface area contributed by atoms with Crippen LogP contribution in [0.1, 0.15) is 39.0 Å². The molecule has 4 N–H and O–H groups in total. The third-order valence-electron chi connectivity index (χ3n) is 4.44. The molecule has 7 nitrogen and oxygen atoms in total. The van der Waals surface area contributed by atoms with Gasteiger partial charge in [0, 0.05) is 0 Å². The molecule has 7 heteroatoms. The lowest BCUT2D eigenvalue weighted by Gasteiger charge is -2.39. The first-order chi connectivity index (χ1) is 12.6. The Labute approximate surface area is 154 Å². The van der Waals surface area contributed by atoms with E-state index in [1.54, 1.807) is 24.3 Å². The van der Waals surface area contributed by atoms with E-state index in [4.69, 9.17) is 14.2 Å². The second-order valence-electron chi connectivity index (χ2n) is 6.55. The molecule has 5 atom stereocenters. The summed E-state index contributed by atoms with van der Waals surface area (Å²) in [6, 6.07) is 6.86. The highest BCUT2D eigenvalue weighted by Crippen LogP contribution is 2.25. The predicted molar refractivity (Wildman–Crippen MR) is 95.1 cm³/mol. The van der Waals surface area contributed by atoms with Crippen molar-refractivity contribution in [3.05, 3.63) is 24.3 Å². The molecule has 0 unspecified atom stereocenters. The summed E-state index contributed by atoms with van der Waals surface area (Å²) in [6.07, 6.45) is -0.581. The summed E-state index contributed by atoms with van der Waals surface area (Å²) in [7, 11) is 0. The molecule has 1 heterocycles. The van der Waals surface area contributed by atoms with Gasteiger partial charge >= 0.3 is 0 Å². The average Bonchev–Trinajstić information content (AvgIpc) is 2.66. The summed E-state index contributed by atoms with van der Waals surface area (Å²) in [6.45, 7) is 2.36. The van der Waals surface area contributed by atoms with Crippen LogP contribution in [-0.2, 0) is 4.74 Å². The van der Waals surface area contributed by atoms with Crippen LogP contribution in [0.2, 0.25) is 0 Å². The largest absolute Gasteiger partial charge is 0.494 e. The van der Waals surface area contributed by atoms with Crippen molar-refractivity contribution in [1.29, 1.82) is 0 Å². The number of unbranched alkanes of at least 4 members (excludes halogenated alkanes) is 4. The van der Waals surface area contributed by atoms with Gasteiger partial charge in [0.1, 0.15) is 35.9 Å². The third kappa shape index (κ3) is 5.82. The molecule has 0 saturated carbocycles. The molecule has 0 amide bonds. The number of ether oxygens (including phenoxy) is 3. The summed E-state index contributed by atoms with van der Waals surface area (Å²) in [5.41, 5.74) is 0. The Hall–Kier alpha value is -1.38. The fourth-order valence-electron chi connectivity index (χ4n) is 2.81. The van der Waals surface area contributed by atoms with Crippen molar-refractivity contribution in [2.75, 3.05) is 13.2 Å². The topological polar surface area (TPSA) is 109 Å². The van der Waals surface area contributed by atoms with E-state index in [-0.39, 0.29) is 0 Å². The normalized spacial score (nSPS) is 28.7. The van der Waals surface area contributed by atoms with E-state index in [1.165, 1.54) is 19.3 Å². The minimum atomic E-state index is -1.46. The quantitative estimate of drug-likeness (QED) is 0.459. The van der Waals surface area contributed by atoms with Crippen LogP contribution in [0.5, 0.6) is 11.5 Å². The molecule has 1 aromatic rings. The maximum absolute atomic E-state index is 9.98. The molecule has 1 saturated heterocycles. The molecule has 1 aliphatic rings. The zero-order valence-corrected chi connectivity index (χ0v) is 15.2. The summed E-state index contributed by atoms with van der Waals surface area (Å²) in [4.78, 5) is 0. The van der Waals surface area contributed by atoms with Crippen molar-refractivity contribution in [2.24, 2.45) is 0 Å². The predicted octanol–water partition coefficient (Wildman–Crippen LogP) is 1.21. The van der Waals surface area contributed by atoms with Crippen molar-refractivity contribution in [2.45, 2.75) is 69.7 Å². The Bertz CT molecular complexity index is 505. The second-order valence-corrected chi connectivity index (χ2v) is 6.55. The Kier molecular flexibility index (Phi) is 8.61. The standard InChI is InChI=1S/C19H30O7/c1-2-3-4-5-6-11-24-13-7-9-14(10-8-13)25-19-18(23)17(22)16(21)15(12-20)26-19/h7-10,15-23H,2-6,11-12H2,1H3/t15-,16-,17+,18-,19-/m1/s1. The van der Waals surface area contributed by atoms with Gasteiger partial charge in [0.15, 0.2) is 0 Å². The first kappa shape index (κ1) is 20.9. The van der Waals surface area contributed by atoms with Crippen molar-refractivity contribution in [3.8, 4) is 11.5 Å². The van der Waals surface area contributed by atoms with Crippen LogP contribution in [-0.4, -0.2) is 64.3 Å². The Morgan fingerprint density at radius 3 is 2.19 bits per heavy atom. The van der Waals surface area contributed by atoms with Gasteiger partial charge in [-0.1, -0.05) is 32.6 Å². The van der Waals surface area contributed by atoms with Crippen LogP contribution < -0.4 is 9.47 Å². The lowest BCUT2D eigenvalue weighted by Crippen LogP contribution is -2.60. The average molecular weight is 370 g/mol. The summed E-state index contributed by atoms with van der Waals surface area (Å²) in [5, 5.41) is 38.7. The molecule has 0 bridgehead atoms. The van der Waals surface area contributed by atoms with Gasteiger partial charge in [0.05, 0.1) is 13.2 Å². The zero-order valence-electron chi connectivity index (χ0n) is 15.2. The van der Waals surface area contributed by atoms with Crippen LogP contribution in [0.4, 0.5) is 0 Å². The van der Waals surface area contributed by atoms with Gasteiger partial charge in [-0.05, 0) is 30.7 Å². The Morgan fingerprint density at radius 2 is 1.54 bits per heavy atom. The van der Waals surface area contributed by atoms with E-state index in [0.717, 1.165) is 18.6 Å². The van der Waals surface area contributed by atoms with Crippen molar-refractivity contribution >= 4 is 0 Å². The maximum Gasteiger partial charge on any atom is 0.229 e. The molecule has 2 rings (SSSR count). The molecule has 1 aromatic carbocycles. The van der Waals surface area contributed by atoms with E-state index >= 15 is 0 Å². The monoisotopic (exact) mass is 370 g/mol. The Morgan fingerprint density at radius 1 is 0.885 bits per heavy atom. The minimum Gasteiger partial charge on any atom is -0.494 e. The van der Waals surface area contributed by atoms with Gasteiger partial charge in [-0.2, -0.15) is 0 Å². The van der Waals surface area contributed by atoms with Crippen LogP contribution in [0.15, 0.2) is 24.3 Å². The molecule has 0 aromatic heterocycles. The van der Waals surface area contributed by atoms with E-state index in [1.807, 2.05) is 0 Å². The van der Waals surface area contributed by atoms with Gasteiger partial charge < -0.3 is 34.6 Å². The first-order valence-corrected chi connectivity index (χ1v) is 9.26. The number of aliphatic hydroxyl groups excluding tert-OH is 4. The number of benzene rings is 1. The highest BCUT2D eigenvalue weighted by molar-refractivity contribution is 5.31. The highest BCUT2D eigenvalue weighted by atomic mass is 16.7. The molecule has 0 radical (unpaired) electrons. The van der Waals surface area contributed by atoms with E-state index in [2.05, 4.69) is 6.92 Å². The molecule has 148 valence electrons. The van der Waals surface area contributed by atoms with Crippen LogP contribution >= 0.6 is 0 Å². The van der Waals surface area contributed by atoms with Crippen molar-refractivity contribution in [1.82, 2.24) is 0 Å². The molecule has 0 aliphatic carbocycles. The maximum atomic E-state index is 9.98. The van der Waals surface area contributed by atoms with Gasteiger partial charge in [0.2, 0.25) is 6.29 Å². The molecule has 1 fully saturated rings. The van der Waals surface area contributed by atoms with Crippen molar-refractivity contribution < 1.29 is 34.6 Å². The fourth-order valence-corrected chi connectivity index (χ4v) is 2.81. The smallest absolute Gasteiger partial charge is 0.229 e. The van der Waals surface area contributed by atoms with E-state index in [9.17, 15) is 20.4 Å². The number of rotatable bonds is 10. The van der Waals surface area contributed by atoms with Gasteiger partial charge in [-0.3, -0.25) is 0 Å². The lowest BCUT2D eigenvalue weighted by atomic mass is 9.99. The lowest BCUT2D eigenvalue weighted by molar-refractivity contribution is -0.277.